The first-order valence-electron chi connectivity index (χ1n) is 6.40. The number of carboxylic acids is 1. The van der Waals surface area contributed by atoms with Crippen molar-refractivity contribution in [2.75, 3.05) is 0 Å². The molecule has 0 bridgehead atoms. The van der Waals surface area contributed by atoms with Crippen LogP contribution in [-0.2, 0) is 11.3 Å². The van der Waals surface area contributed by atoms with Crippen LogP contribution in [0.25, 0.3) is 0 Å². The summed E-state index contributed by atoms with van der Waals surface area (Å²) in [5.74, 6) is -1.11. The van der Waals surface area contributed by atoms with Crippen LogP contribution in [0, 0.1) is 5.92 Å². The predicted molar refractivity (Wildman–Crippen MR) is 67.3 cm³/mol. The van der Waals surface area contributed by atoms with Crippen LogP contribution in [0.4, 0.5) is 4.79 Å². The number of aromatic amines is 1. The molecule has 104 valence electrons. The molecule has 0 radical (unpaired) electrons. The summed E-state index contributed by atoms with van der Waals surface area (Å²) < 4.78 is 0. The second kappa shape index (κ2) is 6.21. The minimum atomic E-state index is -0.774. The van der Waals surface area contributed by atoms with Gasteiger partial charge in [0.15, 0.2) is 0 Å². The van der Waals surface area contributed by atoms with Crippen molar-refractivity contribution in [2.45, 2.75) is 38.3 Å². The van der Waals surface area contributed by atoms with Gasteiger partial charge in [-0.2, -0.15) is 5.10 Å². The molecule has 2 atom stereocenters. The fourth-order valence-corrected chi connectivity index (χ4v) is 2.34. The number of hydrogen-bond acceptors (Lipinski definition) is 3. The summed E-state index contributed by atoms with van der Waals surface area (Å²) in [6.45, 7) is 0.376. The second-order valence-electron chi connectivity index (χ2n) is 4.81. The summed E-state index contributed by atoms with van der Waals surface area (Å²) in [7, 11) is 0. The molecule has 2 unspecified atom stereocenters. The summed E-state index contributed by atoms with van der Waals surface area (Å²) in [6.07, 6.45) is 4.49. The van der Waals surface area contributed by atoms with Crippen molar-refractivity contribution < 1.29 is 14.7 Å². The Balaban J connectivity index is 1.74. The number of carbonyl (C=O) groups is 2. The van der Waals surface area contributed by atoms with Crippen LogP contribution in [0.1, 0.15) is 31.4 Å². The lowest BCUT2D eigenvalue weighted by molar-refractivity contribution is -0.143. The number of aliphatic carboxylic acids is 1. The van der Waals surface area contributed by atoms with Crippen molar-refractivity contribution >= 4 is 12.0 Å². The van der Waals surface area contributed by atoms with E-state index in [2.05, 4.69) is 20.8 Å². The molecule has 7 nitrogen and oxygen atoms in total. The van der Waals surface area contributed by atoms with E-state index < -0.39 is 5.97 Å². The van der Waals surface area contributed by atoms with Gasteiger partial charge in [0, 0.05) is 12.2 Å². The SMILES string of the molecule is O=C(NCc1ccn[nH]1)NC1CCCC(C(=O)O)C1. The number of urea groups is 1. The number of nitrogens with zero attached hydrogens (tertiary/aromatic N) is 1. The van der Waals surface area contributed by atoms with E-state index in [1.54, 1.807) is 12.3 Å². The summed E-state index contributed by atoms with van der Waals surface area (Å²) in [6, 6.07) is 1.45. The highest BCUT2D eigenvalue weighted by Gasteiger charge is 2.27. The first kappa shape index (κ1) is 13.4. The lowest BCUT2D eigenvalue weighted by Gasteiger charge is -2.27. The van der Waals surface area contributed by atoms with E-state index in [0.717, 1.165) is 18.5 Å². The quantitative estimate of drug-likeness (QED) is 0.648. The van der Waals surface area contributed by atoms with Gasteiger partial charge in [-0.05, 0) is 25.3 Å². The molecule has 4 N–H and O–H groups in total. The van der Waals surface area contributed by atoms with Crippen molar-refractivity contribution in [1.82, 2.24) is 20.8 Å². The molecular weight excluding hydrogens is 248 g/mol. The van der Waals surface area contributed by atoms with Crippen LogP contribution >= 0.6 is 0 Å². The number of nitrogens with one attached hydrogen (secondary N) is 3. The second-order valence-corrected chi connectivity index (χ2v) is 4.81. The normalized spacial score (nSPS) is 22.7. The minimum Gasteiger partial charge on any atom is -0.481 e. The lowest BCUT2D eigenvalue weighted by atomic mass is 9.86. The van der Waals surface area contributed by atoms with E-state index in [1.807, 2.05) is 0 Å². The van der Waals surface area contributed by atoms with Crippen LogP contribution in [0.3, 0.4) is 0 Å². The molecule has 1 aromatic rings. The summed E-state index contributed by atoms with van der Waals surface area (Å²) >= 11 is 0. The highest BCUT2D eigenvalue weighted by Crippen LogP contribution is 2.24. The van der Waals surface area contributed by atoms with Crippen molar-refractivity contribution in [2.24, 2.45) is 5.92 Å². The molecule has 1 fully saturated rings. The van der Waals surface area contributed by atoms with E-state index in [-0.39, 0.29) is 18.0 Å². The van der Waals surface area contributed by atoms with E-state index in [0.29, 0.717) is 19.4 Å². The van der Waals surface area contributed by atoms with Crippen LogP contribution in [0.5, 0.6) is 0 Å². The van der Waals surface area contributed by atoms with Gasteiger partial charge in [0.05, 0.1) is 18.2 Å². The molecule has 2 rings (SSSR count). The van der Waals surface area contributed by atoms with Crippen molar-refractivity contribution in [3.05, 3.63) is 18.0 Å². The Hall–Kier alpha value is -2.05. The maximum atomic E-state index is 11.7. The lowest BCUT2D eigenvalue weighted by Crippen LogP contribution is -2.44. The third-order valence-corrected chi connectivity index (χ3v) is 3.36. The van der Waals surface area contributed by atoms with Crippen LogP contribution in [-0.4, -0.2) is 33.3 Å². The number of carbonyl (C=O) groups excluding carboxylic acids is 1. The maximum absolute atomic E-state index is 11.7. The minimum absolute atomic E-state index is 0.0587. The first-order valence-corrected chi connectivity index (χ1v) is 6.40. The van der Waals surface area contributed by atoms with Gasteiger partial charge in [-0.1, -0.05) is 6.42 Å². The molecule has 0 aliphatic heterocycles. The van der Waals surface area contributed by atoms with Gasteiger partial charge < -0.3 is 15.7 Å². The average molecular weight is 266 g/mol. The molecule has 1 saturated carbocycles. The molecule has 19 heavy (non-hydrogen) atoms. The Morgan fingerprint density at radius 2 is 2.32 bits per heavy atom. The Morgan fingerprint density at radius 3 is 3.00 bits per heavy atom. The molecule has 1 aromatic heterocycles. The van der Waals surface area contributed by atoms with Gasteiger partial charge in [-0.3, -0.25) is 9.89 Å². The predicted octanol–water partition coefficient (Wildman–Crippen LogP) is 0.852. The number of carboxylic acid groups (broad SMARTS) is 1. The fourth-order valence-electron chi connectivity index (χ4n) is 2.34. The highest BCUT2D eigenvalue weighted by molar-refractivity contribution is 5.74. The van der Waals surface area contributed by atoms with Crippen molar-refractivity contribution in [3.63, 3.8) is 0 Å². The first-order chi connectivity index (χ1) is 9.15. The molecule has 1 aliphatic rings. The van der Waals surface area contributed by atoms with E-state index >= 15 is 0 Å². The van der Waals surface area contributed by atoms with Gasteiger partial charge in [-0.25, -0.2) is 4.79 Å². The Bertz CT molecular complexity index is 432. The van der Waals surface area contributed by atoms with Gasteiger partial charge in [0.2, 0.25) is 0 Å². The van der Waals surface area contributed by atoms with Crippen LogP contribution < -0.4 is 10.6 Å². The smallest absolute Gasteiger partial charge is 0.315 e. The molecule has 0 aromatic carbocycles. The summed E-state index contributed by atoms with van der Waals surface area (Å²) in [5, 5.41) is 21.0. The van der Waals surface area contributed by atoms with Gasteiger partial charge >= 0.3 is 12.0 Å². The Labute approximate surface area is 110 Å². The number of aromatic nitrogens is 2. The van der Waals surface area contributed by atoms with E-state index in [9.17, 15) is 9.59 Å². The molecule has 2 amide bonds. The standard InChI is InChI=1S/C12H18N4O3/c17-11(18)8-2-1-3-9(6-8)15-12(19)13-7-10-4-5-14-16-10/h4-5,8-9H,1-3,6-7H2,(H,14,16)(H,17,18)(H2,13,15,19). The zero-order valence-corrected chi connectivity index (χ0v) is 10.6. The largest absolute Gasteiger partial charge is 0.481 e. The third-order valence-electron chi connectivity index (χ3n) is 3.36. The Morgan fingerprint density at radius 1 is 1.47 bits per heavy atom. The van der Waals surface area contributed by atoms with E-state index in [4.69, 9.17) is 5.11 Å². The number of amides is 2. The van der Waals surface area contributed by atoms with Crippen molar-refractivity contribution in [3.8, 4) is 0 Å². The molecular formula is C12H18N4O3. The maximum Gasteiger partial charge on any atom is 0.315 e. The fraction of sp³-hybridized carbons (Fsp3) is 0.583. The van der Waals surface area contributed by atoms with Crippen LogP contribution in [0.15, 0.2) is 12.3 Å². The zero-order chi connectivity index (χ0) is 13.7. The molecule has 1 aliphatic carbocycles. The molecule has 0 saturated heterocycles. The molecule has 0 spiro atoms. The monoisotopic (exact) mass is 266 g/mol. The van der Waals surface area contributed by atoms with Gasteiger partial charge in [0.1, 0.15) is 0 Å². The highest BCUT2D eigenvalue weighted by atomic mass is 16.4. The van der Waals surface area contributed by atoms with Crippen molar-refractivity contribution in [1.29, 1.82) is 0 Å². The zero-order valence-electron chi connectivity index (χ0n) is 10.6. The van der Waals surface area contributed by atoms with Crippen LogP contribution in [0.2, 0.25) is 0 Å². The number of hydrogen-bond donors (Lipinski definition) is 4. The number of H-pyrrole nitrogens is 1. The average Bonchev–Trinajstić information content (AvgIpc) is 2.90. The van der Waals surface area contributed by atoms with E-state index in [1.165, 1.54) is 0 Å². The summed E-state index contributed by atoms with van der Waals surface area (Å²) in [4.78, 5) is 22.6. The molecule has 7 heteroatoms. The summed E-state index contributed by atoms with van der Waals surface area (Å²) in [5.41, 5.74) is 0.821. The van der Waals surface area contributed by atoms with Gasteiger partial charge in [-0.15, -0.1) is 0 Å². The molecule has 1 heterocycles. The number of rotatable bonds is 4. The third kappa shape index (κ3) is 3.97. The van der Waals surface area contributed by atoms with Gasteiger partial charge in [0.25, 0.3) is 0 Å². The Kier molecular flexibility index (Phi) is 4.38. The topological polar surface area (TPSA) is 107 Å².